The minimum atomic E-state index is -0.00804. The van der Waals surface area contributed by atoms with E-state index < -0.39 is 0 Å². The molecule has 1 aromatic carbocycles. The lowest BCUT2D eigenvalue weighted by Gasteiger charge is -2.05. The van der Waals surface area contributed by atoms with Crippen LogP contribution in [-0.4, -0.2) is 5.91 Å². The zero-order chi connectivity index (χ0) is 12.8. The van der Waals surface area contributed by atoms with E-state index in [1.54, 1.807) is 12.3 Å². The zero-order valence-corrected chi connectivity index (χ0v) is 10.6. The van der Waals surface area contributed by atoms with Crippen LogP contribution in [0.1, 0.15) is 17.7 Å². The number of halogens is 1. The molecule has 94 valence electrons. The quantitative estimate of drug-likeness (QED) is 0.900. The molecule has 3 nitrogen and oxygen atoms in total. The highest BCUT2D eigenvalue weighted by molar-refractivity contribution is 6.31. The molecule has 2 rings (SSSR count). The lowest BCUT2D eigenvalue weighted by atomic mass is 10.1. The topological polar surface area (TPSA) is 42.2 Å². The van der Waals surface area contributed by atoms with Crippen molar-refractivity contribution >= 4 is 17.5 Å². The van der Waals surface area contributed by atoms with Crippen molar-refractivity contribution in [3.8, 4) is 0 Å². The van der Waals surface area contributed by atoms with Gasteiger partial charge < -0.3 is 9.73 Å². The van der Waals surface area contributed by atoms with Crippen LogP contribution in [0, 0.1) is 0 Å². The summed E-state index contributed by atoms with van der Waals surface area (Å²) in [5.74, 6) is 0.743. The normalized spacial score (nSPS) is 10.3. The molecule has 1 aromatic heterocycles. The van der Waals surface area contributed by atoms with Gasteiger partial charge in [0.05, 0.1) is 12.8 Å². The van der Waals surface area contributed by atoms with Gasteiger partial charge in [0, 0.05) is 11.4 Å². The lowest BCUT2D eigenvalue weighted by Crippen LogP contribution is -2.22. The second-order valence-corrected chi connectivity index (χ2v) is 4.35. The maximum absolute atomic E-state index is 11.6. The molecule has 2 aromatic rings. The maximum atomic E-state index is 11.6. The number of carbonyl (C=O) groups excluding carboxylic acids is 1. The number of aryl methyl sites for hydroxylation is 1. The van der Waals surface area contributed by atoms with Crippen LogP contribution in [0.15, 0.2) is 47.1 Å². The number of rotatable bonds is 5. The van der Waals surface area contributed by atoms with Crippen molar-refractivity contribution in [1.82, 2.24) is 5.32 Å². The van der Waals surface area contributed by atoms with E-state index in [-0.39, 0.29) is 5.91 Å². The Kier molecular flexibility index (Phi) is 4.42. The first kappa shape index (κ1) is 12.7. The Bertz CT molecular complexity index is 508. The number of nitrogens with one attached hydrogen (secondary N) is 1. The monoisotopic (exact) mass is 263 g/mol. The molecule has 0 fully saturated rings. The van der Waals surface area contributed by atoms with Crippen LogP contribution in [0.2, 0.25) is 5.02 Å². The van der Waals surface area contributed by atoms with Crippen LogP contribution >= 0.6 is 11.6 Å². The van der Waals surface area contributed by atoms with Crippen molar-refractivity contribution in [3.05, 3.63) is 59.0 Å². The molecule has 0 bridgehead atoms. The first-order chi connectivity index (χ1) is 8.75. The number of hydrogen-bond acceptors (Lipinski definition) is 2. The molecule has 0 saturated heterocycles. The molecule has 0 aliphatic rings. The third-order valence-electron chi connectivity index (χ3n) is 2.62. The zero-order valence-electron chi connectivity index (χ0n) is 9.86. The molecule has 0 unspecified atom stereocenters. The summed E-state index contributed by atoms with van der Waals surface area (Å²) in [6.07, 6.45) is 2.65. The summed E-state index contributed by atoms with van der Waals surface area (Å²) in [7, 11) is 0. The Labute approximate surface area is 111 Å². The lowest BCUT2D eigenvalue weighted by molar-refractivity contribution is -0.121. The molecule has 0 atom stereocenters. The SMILES string of the molecule is O=C(CCc1ccccc1Cl)NCc1ccco1. The fraction of sp³-hybridized carbons (Fsp3) is 0.214. The maximum Gasteiger partial charge on any atom is 0.220 e. The third kappa shape index (κ3) is 3.64. The van der Waals surface area contributed by atoms with Crippen LogP contribution in [0.25, 0.3) is 0 Å². The molecule has 0 aliphatic carbocycles. The predicted octanol–water partition coefficient (Wildman–Crippen LogP) is 3.18. The van der Waals surface area contributed by atoms with Gasteiger partial charge in [0.15, 0.2) is 0 Å². The average Bonchev–Trinajstić information content (AvgIpc) is 2.88. The summed E-state index contributed by atoms with van der Waals surface area (Å²) in [5.41, 5.74) is 0.993. The summed E-state index contributed by atoms with van der Waals surface area (Å²) < 4.78 is 5.13. The van der Waals surface area contributed by atoms with E-state index in [9.17, 15) is 4.79 Å². The minimum Gasteiger partial charge on any atom is -0.467 e. The van der Waals surface area contributed by atoms with Gasteiger partial charge in [0.25, 0.3) is 0 Å². The van der Waals surface area contributed by atoms with E-state index in [1.807, 2.05) is 30.3 Å². The second kappa shape index (κ2) is 6.26. The first-order valence-electron chi connectivity index (χ1n) is 5.78. The van der Waals surface area contributed by atoms with Gasteiger partial charge in [0.2, 0.25) is 5.91 Å². The van der Waals surface area contributed by atoms with E-state index in [4.69, 9.17) is 16.0 Å². The van der Waals surface area contributed by atoms with E-state index in [1.165, 1.54) is 0 Å². The number of carbonyl (C=O) groups is 1. The molecule has 1 N–H and O–H groups in total. The molecule has 0 saturated carbocycles. The molecule has 0 aliphatic heterocycles. The fourth-order valence-electron chi connectivity index (χ4n) is 1.64. The predicted molar refractivity (Wildman–Crippen MR) is 70.3 cm³/mol. The van der Waals surface area contributed by atoms with Gasteiger partial charge in [0.1, 0.15) is 5.76 Å². The smallest absolute Gasteiger partial charge is 0.220 e. The molecule has 1 amide bonds. The van der Waals surface area contributed by atoms with Crippen molar-refractivity contribution in [2.45, 2.75) is 19.4 Å². The summed E-state index contributed by atoms with van der Waals surface area (Å²) >= 11 is 6.02. The van der Waals surface area contributed by atoms with Gasteiger partial charge in [-0.2, -0.15) is 0 Å². The number of hydrogen-bond donors (Lipinski definition) is 1. The standard InChI is InChI=1S/C14H14ClNO2/c15-13-6-2-1-4-11(13)7-8-14(17)16-10-12-5-3-9-18-12/h1-6,9H,7-8,10H2,(H,16,17). The van der Waals surface area contributed by atoms with Gasteiger partial charge in [-0.3, -0.25) is 4.79 Å². The van der Waals surface area contributed by atoms with Gasteiger partial charge in [-0.1, -0.05) is 29.8 Å². The fourth-order valence-corrected chi connectivity index (χ4v) is 1.87. The number of furan rings is 1. The van der Waals surface area contributed by atoms with E-state index in [0.29, 0.717) is 24.4 Å². The van der Waals surface area contributed by atoms with Crippen LogP contribution in [0.5, 0.6) is 0 Å². The summed E-state index contributed by atoms with van der Waals surface area (Å²) in [6.45, 7) is 0.425. The molecule has 18 heavy (non-hydrogen) atoms. The van der Waals surface area contributed by atoms with Crippen molar-refractivity contribution in [2.75, 3.05) is 0 Å². The molecular weight excluding hydrogens is 250 g/mol. The number of benzene rings is 1. The molecule has 4 heteroatoms. The minimum absolute atomic E-state index is 0.00804. The summed E-state index contributed by atoms with van der Waals surface area (Å²) in [4.78, 5) is 11.6. The van der Waals surface area contributed by atoms with E-state index in [0.717, 1.165) is 11.3 Å². The Hall–Kier alpha value is -1.74. The van der Waals surface area contributed by atoms with Crippen molar-refractivity contribution < 1.29 is 9.21 Å². The average molecular weight is 264 g/mol. The molecule has 0 spiro atoms. The van der Waals surface area contributed by atoms with Crippen molar-refractivity contribution in [1.29, 1.82) is 0 Å². The highest BCUT2D eigenvalue weighted by Gasteiger charge is 2.05. The van der Waals surface area contributed by atoms with Gasteiger partial charge in [-0.25, -0.2) is 0 Å². The van der Waals surface area contributed by atoms with Crippen LogP contribution in [0.4, 0.5) is 0 Å². The highest BCUT2D eigenvalue weighted by atomic mass is 35.5. The largest absolute Gasteiger partial charge is 0.467 e. The van der Waals surface area contributed by atoms with Gasteiger partial charge >= 0.3 is 0 Å². The first-order valence-corrected chi connectivity index (χ1v) is 6.16. The van der Waals surface area contributed by atoms with E-state index >= 15 is 0 Å². The Morgan fingerprint density at radius 1 is 1.22 bits per heavy atom. The van der Waals surface area contributed by atoms with Crippen LogP contribution in [0.3, 0.4) is 0 Å². The number of amides is 1. The van der Waals surface area contributed by atoms with Crippen LogP contribution < -0.4 is 5.32 Å². The Balaban J connectivity index is 1.77. The van der Waals surface area contributed by atoms with Crippen LogP contribution in [-0.2, 0) is 17.8 Å². The second-order valence-electron chi connectivity index (χ2n) is 3.95. The third-order valence-corrected chi connectivity index (χ3v) is 2.99. The summed E-state index contributed by atoms with van der Waals surface area (Å²) in [6, 6.07) is 11.2. The highest BCUT2D eigenvalue weighted by Crippen LogP contribution is 2.16. The Morgan fingerprint density at radius 2 is 2.06 bits per heavy atom. The Morgan fingerprint density at radius 3 is 2.78 bits per heavy atom. The van der Waals surface area contributed by atoms with Crippen molar-refractivity contribution in [2.24, 2.45) is 0 Å². The molecular formula is C14H14ClNO2. The molecule has 1 heterocycles. The summed E-state index contributed by atoms with van der Waals surface area (Å²) in [5, 5.41) is 3.50. The van der Waals surface area contributed by atoms with E-state index in [2.05, 4.69) is 5.32 Å². The van der Waals surface area contributed by atoms with Gasteiger partial charge in [-0.05, 0) is 30.2 Å². The molecule has 0 radical (unpaired) electrons. The van der Waals surface area contributed by atoms with Gasteiger partial charge in [-0.15, -0.1) is 0 Å². The van der Waals surface area contributed by atoms with Crippen molar-refractivity contribution in [3.63, 3.8) is 0 Å².